The van der Waals surface area contributed by atoms with Gasteiger partial charge >= 0.3 is 23.9 Å². The van der Waals surface area contributed by atoms with Gasteiger partial charge in [0.05, 0.1) is 41.3 Å². The monoisotopic (exact) mass is 329 g/mol. The van der Waals surface area contributed by atoms with E-state index in [4.69, 9.17) is 9.47 Å². The van der Waals surface area contributed by atoms with Crippen LogP contribution < -0.4 is 5.32 Å². The number of hydrogen-bond donors (Lipinski definition) is 1. The van der Waals surface area contributed by atoms with E-state index in [1.807, 2.05) is 0 Å². The standard InChI is InChI=1S/C14H19NO8/c1-20-9(16)7-13(11(18)22-3)5-6-14(15-13,12(19)23-4)8-10(17)21-2/h5-6,15H,7-8H2,1-4H3/t13-,14-/m0/s1. The average molecular weight is 329 g/mol. The van der Waals surface area contributed by atoms with Gasteiger partial charge in [0.15, 0.2) is 0 Å². The van der Waals surface area contributed by atoms with Gasteiger partial charge in [-0.05, 0) is 0 Å². The van der Waals surface area contributed by atoms with Gasteiger partial charge in [0.2, 0.25) is 0 Å². The third-order valence-corrected chi connectivity index (χ3v) is 3.50. The van der Waals surface area contributed by atoms with Gasteiger partial charge in [0, 0.05) is 0 Å². The third-order valence-electron chi connectivity index (χ3n) is 3.50. The zero-order valence-corrected chi connectivity index (χ0v) is 13.3. The molecule has 1 aliphatic rings. The predicted octanol–water partition coefficient (Wildman–Crippen LogP) is -0.904. The maximum absolute atomic E-state index is 12.1. The van der Waals surface area contributed by atoms with E-state index < -0.39 is 47.8 Å². The highest BCUT2D eigenvalue weighted by molar-refractivity contribution is 5.96. The van der Waals surface area contributed by atoms with Crippen molar-refractivity contribution in [3.05, 3.63) is 12.2 Å². The van der Waals surface area contributed by atoms with Crippen LogP contribution in [0.5, 0.6) is 0 Å². The molecule has 9 nitrogen and oxygen atoms in total. The van der Waals surface area contributed by atoms with Crippen molar-refractivity contribution in [1.82, 2.24) is 5.32 Å². The molecule has 0 saturated carbocycles. The second kappa shape index (κ2) is 7.23. The second-order valence-corrected chi connectivity index (χ2v) is 4.89. The lowest BCUT2D eigenvalue weighted by Crippen LogP contribution is -2.61. The van der Waals surface area contributed by atoms with E-state index in [-0.39, 0.29) is 0 Å². The normalized spacial score (nSPS) is 25.6. The van der Waals surface area contributed by atoms with Crippen LogP contribution in [0.15, 0.2) is 12.2 Å². The molecule has 0 aromatic carbocycles. The van der Waals surface area contributed by atoms with Crippen LogP contribution in [0.2, 0.25) is 0 Å². The highest BCUT2D eigenvalue weighted by atomic mass is 16.5. The first-order valence-corrected chi connectivity index (χ1v) is 6.59. The zero-order valence-electron chi connectivity index (χ0n) is 13.3. The molecule has 2 atom stereocenters. The molecule has 0 spiro atoms. The van der Waals surface area contributed by atoms with E-state index >= 15 is 0 Å². The van der Waals surface area contributed by atoms with E-state index in [2.05, 4.69) is 14.8 Å². The Hall–Kier alpha value is -2.42. The molecule has 0 saturated heterocycles. The maximum Gasteiger partial charge on any atom is 0.330 e. The number of rotatable bonds is 6. The lowest BCUT2D eigenvalue weighted by atomic mass is 9.95. The maximum atomic E-state index is 12.1. The fourth-order valence-electron chi connectivity index (χ4n) is 2.32. The van der Waals surface area contributed by atoms with Gasteiger partial charge in [0.1, 0.15) is 11.1 Å². The van der Waals surface area contributed by atoms with Crippen molar-refractivity contribution >= 4 is 23.9 Å². The molecule has 1 aliphatic heterocycles. The number of ether oxygens (including phenoxy) is 4. The Morgan fingerprint density at radius 3 is 1.35 bits per heavy atom. The number of nitrogens with one attached hydrogen (secondary N) is 1. The smallest absolute Gasteiger partial charge is 0.330 e. The van der Waals surface area contributed by atoms with Gasteiger partial charge in [-0.2, -0.15) is 0 Å². The Bertz CT molecular complexity index is 497. The molecule has 0 fully saturated rings. The van der Waals surface area contributed by atoms with Gasteiger partial charge in [0.25, 0.3) is 0 Å². The molecular formula is C14H19NO8. The molecule has 1 N–H and O–H groups in total. The van der Waals surface area contributed by atoms with Gasteiger partial charge in [-0.3, -0.25) is 14.9 Å². The van der Waals surface area contributed by atoms with Crippen LogP contribution in [-0.2, 0) is 38.1 Å². The van der Waals surface area contributed by atoms with Crippen molar-refractivity contribution in [3.8, 4) is 0 Å². The molecule has 128 valence electrons. The summed E-state index contributed by atoms with van der Waals surface area (Å²) < 4.78 is 18.5. The molecule has 0 amide bonds. The van der Waals surface area contributed by atoms with Crippen LogP contribution in [0.25, 0.3) is 0 Å². The minimum atomic E-state index is -1.65. The summed E-state index contributed by atoms with van der Waals surface area (Å²) in [5.74, 6) is -3.03. The molecule has 1 heterocycles. The topological polar surface area (TPSA) is 117 Å². The van der Waals surface area contributed by atoms with E-state index in [1.54, 1.807) is 0 Å². The summed E-state index contributed by atoms with van der Waals surface area (Å²) in [6.45, 7) is 0. The Morgan fingerprint density at radius 1 is 0.739 bits per heavy atom. The summed E-state index contributed by atoms with van der Waals surface area (Å²) in [7, 11) is 4.59. The molecule has 0 aromatic rings. The van der Waals surface area contributed by atoms with Gasteiger partial charge < -0.3 is 18.9 Å². The number of methoxy groups -OCH3 is 4. The zero-order chi connectivity index (χ0) is 17.7. The third kappa shape index (κ3) is 3.67. The van der Waals surface area contributed by atoms with Crippen LogP contribution in [0.3, 0.4) is 0 Å². The average Bonchev–Trinajstić information content (AvgIpc) is 2.93. The van der Waals surface area contributed by atoms with Gasteiger partial charge in [-0.25, -0.2) is 9.59 Å². The Kier molecular flexibility index (Phi) is 5.85. The molecule has 0 radical (unpaired) electrons. The molecular weight excluding hydrogens is 310 g/mol. The number of esters is 4. The molecule has 0 aromatic heterocycles. The molecule has 23 heavy (non-hydrogen) atoms. The van der Waals surface area contributed by atoms with E-state index in [0.29, 0.717) is 0 Å². The van der Waals surface area contributed by atoms with Crippen LogP contribution in [0.4, 0.5) is 0 Å². The van der Waals surface area contributed by atoms with Crippen LogP contribution in [0, 0.1) is 0 Å². The van der Waals surface area contributed by atoms with Crippen LogP contribution in [0.1, 0.15) is 12.8 Å². The number of carbonyl (C=O) groups is 4. The Labute approximate surface area is 132 Å². The SMILES string of the molecule is COC(=O)C[C@]1(C(=O)OC)C=C[C@](CC(=O)OC)(C(=O)OC)N1. The summed E-state index contributed by atoms with van der Waals surface area (Å²) in [4.78, 5) is 47.5. The largest absolute Gasteiger partial charge is 0.469 e. The minimum absolute atomic E-state index is 0.424. The quantitative estimate of drug-likeness (QED) is 0.375. The predicted molar refractivity (Wildman–Crippen MR) is 75.0 cm³/mol. The summed E-state index contributed by atoms with van der Waals surface area (Å²) in [5, 5.41) is 2.69. The van der Waals surface area contributed by atoms with Crippen molar-refractivity contribution in [1.29, 1.82) is 0 Å². The highest BCUT2D eigenvalue weighted by Gasteiger charge is 2.55. The minimum Gasteiger partial charge on any atom is -0.469 e. The highest BCUT2D eigenvalue weighted by Crippen LogP contribution is 2.31. The van der Waals surface area contributed by atoms with Crippen LogP contribution >= 0.6 is 0 Å². The summed E-state index contributed by atoms with van der Waals surface area (Å²) in [5.41, 5.74) is -3.30. The van der Waals surface area contributed by atoms with Crippen molar-refractivity contribution in [2.24, 2.45) is 0 Å². The fraction of sp³-hybridized carbons (Fsp3) is 0.571. The molecule has 0 bridgehead atoms. The van der Waals surface area contributed by atoms with E-state index in [1.165, 1.54) is 12.2 Å². The first-order valence-electron chi connectivity index (χ1n) is 6.59. The van der Waals surface area contributed by atoms with Crippen molar-refractivity contribution in [2.75, 3.05) is 28.4 Å². The molecule has 0 unspecified atom stereocenters. The molecule has 9 heteroatoms. The Morgan fingerprint density at radius 2 is 1.09 bits per heavy atom. The van der Waals surface area contributed by atoms with E-state index in [0.717, 1.165) is 28.4 Å². The molecule has 0 aliphatic carbocycles. The van der Waals surface area contributed by atoms with Crippen molar-refractivity contribution in [2.45, 2.75) is 23.9 Å². The van der Waals surface area contributed by atoms with E-state index in [9.17, 15) is 19.2 Å². The number of carbonyl (C=O) groups excluding carboxylic acids is 4. The number of hydrogen-bond acceptors (Lipinski definition) is 9. The van der Waals surface area contributed by atoms with Crippen molar-refractivity contribution < 1.29 is 38.1 Å². The summed E-state index contributed by atoms with van der Waals surface area (Å²) >= 11 is 0. The molecule has 1 rings (SSSR count). The van der Waals surface area contributed by atoms with Crippen LogP contribution in [-0.4, -0.2) is 63.4 Å². The lowest BCUT2D eigenvalue weighted by molar-refractivity contribution is -0.158. The Balaban J connectivity index is 3.22. The lowest BCUT2D eigenvalue weighted by Gasteiger charge is -2.31. The first-order chi connectivity index (χ1) is 10.8. The second-order valence-electron chi connectivity index (χ2n) is 4.89. The van der Waals surface area contributed by atoms with Crippen molar-refractivity contribution in [3.63, 3.8) is 0 Å². The van der Waals surface area contributed by atoms with Gasteiger partial charge in [-0.1, -0.05) is 12.2 Å². The van der Waals surface area contributed by atoms with Gasteiger partial charge in [-0.15, -0.1) is 0 Å². The summed E-state index contributed by atoms with van der Waals surface area (Å²) in [6, 6.07) is 0. The first kappa shape index (κ1) is 18.6. The summed E-state index contributed by atoms with van der Waals surface area (Å²) in [6.07, 6.45) is 1.73. The fourth-order valence-corrected chi connectivity index (χ4v) is 2.32.